The van der Waals surface area contributed by atoms with E-state index in [1.165, 1.54) is 5.56 Å². The average molecular weight is 355 g/mol. The van der Waals surface area contributed by atoms with Gasteiger partial charge in [0.05, 0.1) is 0 Å². The van der Waals surface area contributed by atoms with Crippen LogP contribution in [0.4, 0.5) is 11.5 Å². The number of hydrogen-bond donors (Lipinski definition) is 1. The Kier molecular flexibility index (Phi) is 7.09. The second-order valence-corrected chi connectivity index (χ2v) is 6.65. The van der Waals surface area contributed by atoms with Crippen LogP contribution >= 0.6 is 0 Å². The average Bonchev–Trinajstić information content (AvgIpc) is 2.58. The third kappa shape index (κ3) is 5.52. The molecule has 2 rings (SSSR count). The zero-order valence-corrected chi connectivity index (χ0v) is 16.4. The van der Waals surface area contributed by atoms with Crippen molar-refractivity contribution in [2.24, 2.45) is 0 Å². The van der Waals surface area contributed by atoms with Gasteiger partial charge in [0.25, 0.3) is 5.91 Å². The number of carbonyl (C=O) groups is 1. The summed E-state index contributed by atoms with van der Waals surface area (Å²) in [6, 6.07) is 10.0. The van der Waals surface area contributed by atoms with Crippen molar-refractivity contribution in [2.45, 2.75) is 27.2 Å². The molecule has 6 heteroatoms. The van der Waals surface area contributed by atoms with E-state index < -0.39 is 0 Å². The molecule has 0 fully saturated rings. The van der Waals surface area contributed by atoms with Crippen molar-refractivity contribution in [2.75, 3.05) is 38.6 Å². The van der Waals surface area contributed by atoms with Crippen LogP contribution in [0, 0.1) is 13.8 Å². The molecule has 0 aliphatic carbocycles. The second kappa shape index (κ2) is 9.29. The first-order valence-electron chi connectivity index (χ1n) is 9.03. The summed E-state index contributed by atoms with van der Waals surface area (Å²) in [5.41, 5.74) is 2.65. The van der Waals surface area contributed by atoms with E-state index in [9.17, 15) is 4.79 Å². The van der Waals surface area contributed by atoms with Gasteiger partial charge in [-0.05, 0) is 65.5 Å². The third-order valence-corrected chi connectivity index (χ3v) is 4.03. The van der Waals surface area contributed by atoms with Gasteiger partial charge >= 0.3 is 0 Å². The predicted molar refractivity (Wildman–Crippen MR) is 106 cm³/mol. The molecule has 0 aliphatic rings. The van der Waals surface area contributed by atoms with Gasteiger partial charge in [0.2, 0.25) is 0 Å². The molecule has 1 aromatic carbocycles. The van der Waals surface area contributed by atoms with Gasteiger partial charge in [0.1, 0.15) is 17.3 Å². The highest BCUT2D eigenvalue weighted by Crippen LogP contribution is 2.24. The molecule has 2 aromatic rings. The third-order valence-electron chi connectivity index (χ3n) is 4.03. The van der Waals surface area contributed by atoms with Gasteiger partial charge in [-0.1, -0.05) is 12.1 Å². The number of anilines is 2. The molecule has 1 amide bonds. The maximum atomic E-state index is 12.5. The standard InChI is InChI=1S/C20H29N5O/c1-6-25(17-10-7-9-15(2)13-17)19-14-18(22-16(3)23-19)20(26)21-11-8-12-24(4)5/h7,9-10,13-14H,6,8,11-12H2,1-5H3,(H,21,26). The van der Waals surface area contributed by atoms with Gasteiger partial charge < -0.3 is 15.1 Å². The van der Waals surface area contributed by atoms with Gasteiger partial charge in [-0.25, -0.2) is 9.97 Å². The van der Waals surface area contributed by atoms with Gasteiger partial charge in [0, 0.05) is 24.8 Å². The maximum absolute atomic E-state index is 12.5. The first-order valence-corrected chi connectivity index (χ1v) is 9.03. The molecule has 1 aromatic heterocycles. The van der Waals surface area contributed by atoms with Crippen LogP contribution in [-0.4, -0.2) is 54.5 Å². The molecule has 0 saturated carbocycles. The molecule has 1 N–H and O–H groups in total. The number of amides is 1. The minimum atomic E-state index is -0.157. The number of benzene rings is 1. The normalized spacial score (nSPS) is 10.8. The van der Waals surface area contributed by atoms with Crippen LogP contribution in [0.3, 0.4) is 0 Å². The number of rotatable bonds is 8. The number of nitrogens with one attached hydrogen (secondary N) is 1. The Bertz CT molecular complexity index is 745. The van der Waals surface area contributed by atoms with Crippen LogP contribution in [0.15, 0.2) is 30.3 Å². The Hall–Kier alpha value is -2.47. The SMILES string of the molecule is CCN(c1cccc(C)c1)c1cc(C(=O)NCCCN(C)C)nc(C)n1. The number of carbonyl (C=O) groups excluding carboxylic acids is 1. The largest absolute Gasteiger partial charge is 0.351 e. The summed E-state index contributed by atoms with van der Waals surface area (Å²) < 4.78 is 0. The lowest BCUT2D eigenvalue weighted by Crippen LogP contribution is -2.28. The fourth-order valence-corrected chi connectivity index (χ4v) is 2.77. The monoisotopic (exact) mass is 355 g/mol. The minimum absolute atomic E-state index is 0.157. The topological polar surface area (TPSA) is 61.4 Å². The molecule has 1 heterocycles. The number of hydrogen-bond acceptors (Lipinski definition) is 5. The van der Waals surface area contributed by atoms with Crippen molar-refractivity contribution >= 4 is 17.4 Å². The van der Waals surface area contributed by atoms with Gasteiger partial charge in [0.15, 0.2) is 0 Å². The molecule has 0 spiro atoms. The number of nitrogens with zero attached hydrogens (tertiary/aromatic N) is 4. The Morgan fingerprint density at radius 3 is 2.58 bits per heavy atom. The smallest absolute Gasteiger partial charge is 0.270 e. The summed E-state index contributed by atoms with van der Waals surface area (Å²) in [4.78, 5) is 25.5. The molecule has 0 radical (unpaired) electrons. The van der Waals surface area contributed by atoms with E-state index in [1.54, 1.807) is 6.07 Å². The molecular formula is C20H29N5O. The van der Waals surface area contributed by atoms with Gasteiger partial charge in [-0.2, -0.15) is 0 Å². The van der Waals surface area contributed by atoms with Crippen molar-refractivity contribution in [1.82, 2.24) is 20.2 Å². The van der Waals surface area contributed by atoms with Crippen LogP contribution in [0.2, 0.25) is 0 Å². The lowest BCUT2D eigenvalue weighted by Gasteiger charge is -2.23. The van der Waals surface area contributed by atoms with E-state index in [0.29, 0.717) is 18.1 Å². The number of aromatic nitrogens is 2. The molecule has 0 bridgehead atoms. The van der Waals surface area contributed by atoms with Gasteiger partial charge in [-0.15, -0.1) is 0 Å². The summed E-state index contributed by atoms with van der Waals surface area (Å²) in [6.07, 6.45) is 0.903. The van der Waals surface area contributed by atoms with Gasteiger partial charge in [-0.3, -0.25) is 4.79 Å². The Morgan fingerprint density at radius 2 is 1.92 bits per heavy atom. The zero-order chi connectivity index (χ0) is 19.1. The molecule has 26 heavy (non-hydrogen) atoms. The highest BCUT2D eigenvalue weighted by atomic mass is 16.1. The fraction of sp³-hybridized carbons (Fsp3) is 0.450. The van der Waals surface area contributed by atoms with Crippen molar-refractivity contribution in [3.63, 3.8) is 0 Å². The van der Waals surface area contributed by atoms with Crippen LogP contribution in [0.5, 0.6) is 0 Å². The van der Waals surface area contributed by atoms with Crippen LogP contribution in [-0.2, 0) is 0 Å². The lowest BCUT2D eigenvalue weighted by molar-refractivity contribution is 0.0947. The van der Waals surface area contributed by atoms with Crippen molar-refractivity contribution < 1.29 is 4.79 Å². The maximum Gasteiger partial charge on any atom is 0.270 e. The molecule has 140 valence electrons. The zero-order valence-electron chi connectivity index (χ0n) is 16.4. The first-order chi connectivity index (χ1) is 12.4. The van der Waals surface area contributed by atoms with E-state index in [1.807, 2.05) is 27.1 Å². The second-order valence-electron chi connectivity index (χ2n) is 6.65. The molecule has 0 unspecified atom stereocenters. The quantitative estimate of drug-likeness (QED) is 0.738. The van der Waals surface area contributed by atoms with E-state index in [4.69, 9.17) is 0 Å². The Labute approximate surface area is 156 Å². The highest BCUT2D eigenvalue weighted by molar-refractivity contribution is 5.93. The molecule has 6 nitrogen and oxygen atoms in total. The predicted octanol–water partition coefficient (Wildman–Crippen LogP) is 2.93. The van der Waals surface area contributed by atoms with Crippen molar-refractivity contribution in [3.05, 3.63) is 47.4 Å². The highest BCUT2D eigenvalue weighted by Gasteiger charge is 2.15. The van der Waals surface area contributed by atoms with E-state index in [-0.39, 0.29) is 5.91 Å². The van der Waals surface area contributed by atoms with E-state index in [0.717, 1.165) is 31.0 Å². The molecular weight excluding hydrogens is 326 g/mol. The summed E-state index contributed by atoms with van der Waals surface area (Å²) in [5, 5.41) is 2.94. The van der Waals surface area contributed by atoms with Crippen LogP contribution in [0.25, 0.3) is 0 Å². The first kappa shape index (κ1) is 19.8. The summed E-state index contributed by atoms with van der Waals surface area (Å²) >= 11 is 0. The molecule has 0 saturated heterocycles. The minimum Gasteiger partial charge on any atom is -0.351 e. The Morgan fingerprint density at radius 1 is 1.15 bits per heavy atom. The Balaban J connectivity index is 2.18. The van der Waals surface area contributed by atoms with Crippen molar-refractivity contribution in [1.29, 1.82) is 0 Å². The van der Waals surface area contributed by atoms with E-state index >= 15 is 0 Å². The molecule has 0 aliphatic heterocycles. The fourth-order valence-electron chi connectivity index (χ4n) is 2.77. The van der Waals surface area contributed by atoms with E-state index in [2.05, 4.69) is 57.1 Å². The summed E-state index contributed by atoms with van der Waals surface area (Å²) in [5.74, 6) is 1.17. The lowest BCUT2D eigenvalue weighted by atomic mass is 10.2. The van der Waals surface area contributed by atoms with Crippen molar-refractivity contribution in [3.8, 4) is 0 Å². The summed E-state index contributed by atoms with van der Waals surface area (Å²) in [6.45, 7) is 8.27. The van der Waals surface area contributed by atoms with Crippen LogP contribution < -0.4 is 10.2 Å². The number of aryl methyl sites for hydroxylation is 2. The summed E-state index contributed by atoms with van der Waals surface area (Å²) in [7, 11) is 4.04. The van der Waals surface area contributed by atoms with Crippen LogP contribution in [0.1, 0.15) is 35.2 Å². The molecule has 0 atom stereocenters.